The molecule has 1 aromatic rings. The van der Waals surface area contributed by atoms with E-state index in [4.69, 9.17) is 0 Å². The van der Waals surface area contributed by atoms with Crippen LogP contribution in [0.3, 0.4) is 0 Å². The minimum absolute atomic E-state index is 0.341. The standard InChI is InChI=1S/C18H27BrN2O/c1-20(2)17-11-13-21(14-12-17)18(22)6-4-3-5-15-7-9-16(19)10-8-15/h7-10,17H,3-6,11-14H2,1-2H3. The quantitative estimate of drug-likeness (QED) is 0.716. The second-order valence-electron chi connectivity index (χ2n) is 6.41. The normalized spacial score (nSPS) is 16.3. The number of aryl methyl sites for hydroxylation is 1. The average molecular weight is 367 g/mol. The zero-order valence-corrected chi connectivity index (χ0v) is 15.3. The molecule has 0 saturated carbocycles. The first-order valence-electron chi connectivity index (χ1n) is 8.25. The number of benzene rings is 1. The molecule has 22 heavy (non-hydrogen) atoms. The molecule has 0 aliphatic carbocycles. The van der Waals surface area contributed by atoms with E-state index in [-0.39, 0.29) is 0 Å². The number of carbonyl (C=O) groups excluding carboxylic acids is 1. The van der Waals surface area contributed by atoms with Gasteiger partial charge in [-0.15, -0.1) is 0 Å². The number of piperidine rings is 1. The smallest absolute Gasteiger partial charge is 0.222 e. The molecule has 1 heterocycles. The number of rotatable bonds is 6. The monoisotopic (exact) mass is 366 g/mol. The molecule has 1 amide bonds. The van der Waals surface area contributed by atoms with Crippen LogP contribution in [0.25, 0.3) is 0 Å². The Hall–Kier alpha value is -0.870. The van der Waals surface area contributed by atoms with Crippen LogP contribution in [0.1, 0.15) is 37.7 Å². The largest absolute Gasteiger partial charge is 0.343 e. The lowest BCUT2D eigenvalue weighted by Gasteiger charge is -2.35. The average Bonchev–Trinajstić information content (AvgIpc) is 2.53. The summed E-state index contributed by atoms with van der Waals surface area (Å²) in [4.78, 5) is 16.6. The van der Waals surface area contributed by atoms with E-state index in [0.717, 1.165) is 49.7 Å². The van der Waals surface area contributed by atoms with Crippen molar-refractivity contribution < 1.29 is 4.79 Å². The summed E-state index contributed by atoms with van der Waals surface area (Å²) in [7, 11) is 4.26. The van der Waals surface area contributed by atoms with Gasteiger partial charge in [0, 0.05) is 30.0 Å². The molecule has 1 fully saturated rings. The molecule has 0 aromatic heterocycles. The van der Waals surface area contributed by atoms with Gasteiger partial charge in [0.2, 0.25) is 5.91 Å². The molecule has 2 rings (SSSR count). The van der Waals surface area contributed by atoms with Gasteiger partial charge < -0.3 is 9.80 Å². The number of halogens is 1. The highest BCUT2D eigenvalue weighted by molar-refractivity contribution is 9.10. The van der Waals surface area contributed by atoms with Gasteiger partial charge in [0.25, 0.3) is 0 Å². The molecule has 0 unspecified atom stereocenters. The third kappa shape index (κ3) is 5.40. The van der Waals surface area contributed by atoms with Gasteiger partial charge >= 0.3 is 0 Å². The van der Waals surface area contributed by atoms with Crippen molar-refractivity contribution in [3.63, 3.8) is 0 Å². The number of amides is 1. The summed E-state index contributed by atoms with van der Waals surface area (Å²) >= 11 is 3.45. The van der Waals surface area contributed by atoms with Crippen LogP contribution in [0.15, 0.2) is 28.7 Å². The van der Waals surface area contributed by atoms with Crippen molar-refractivity contribution in [3.05, 3.63) is 34.3 Å². The minimum atomic E-state index is 0.341. The molecule has 0 N–H and O–H groups in total. The van der Waals surface area contributed by atoms with Crippen LogP contribution in [-0.2, 0) is 11.2 Å². The highest BCUT2D eigenvalue weighted by atomic mass is 79.9. The maximum atomic E-state index is 12.2. The molecule has 0 radical (unpaired) electrons. The predicted octanol–water partition coefficient (Wildman–Crippen LogP) is 3.71. The van der Waals surface area contributed by atoms with Crippen LogP contribution in [0.5, 0.6) is 0 Å². The number of hydrogen-bond acceptors (Lipinski definition) is 2. The zero-order valence-electron chi connectivity index (χ0n) is 13.7. The van der Waals surface area contributed by atoms with Crippen molar-refractivity contribution in [2.45, 2.75) is 44.6 Å². The van der Waals surface area contributed by atoms with E-state index < -0.39 is 0 Å². The van der Waals surface area contributed by atoms with Crippen LogP contribution in [0, 0.1) is 0 Å². The lowest BCUT2D eigenvalue weighted by molar-refractivity contribution is -0.132. The summed E-state index contributed by atoms with van der Waals surface area (Å²) in [6.45, 7) is 1.85. The highest BCUT2D eigenvalue weighted by Crippen LogP contribution is 2.16. The first kappa shape index (κ1) is 17.5. The zero-order chi connectivity index (χ0) is 15.9. The van der Waals surface area contributed by atoms with E-state index in [0.29, 0.717) is 18.4 Å². The molecule has 0 atom stereocenters. The molecule has 3 nitrogen and oxygen atoms in total. The van der Waals surface area contributed by atoms with E-state index in [1.807, 2.05) is 0 Å². The van der Waals surface area contributed by atoms with Crippen molar-refractivity contribution in [1.82, 2.24) is 9.80 Å². The first-order chi connectivity index (χ1) is 10.6. The highest BCUT2D eigenvalue weighted by Gasteiger charge is 2.23. The molecule has 1 aliphatic rings. The molecule has 0 bridgehead atoms. The summed E-state index contributed by atoms with van der Waals surface area (Å²) in [5.74, 6) is 0.341. The van der Waals surface area contributed by atoms with Gasteiger partial charge in [-0.25, -0.2) is 0 Å². The van der Waals surface area contributed by atoms with E-state index >= 15 is 0 Å². The van der Waals surface area contributed by atoms with Crippen molar-refractivity contribution in [3.8, 4) is 0 Å². The molecule has 1 aromatic carbocycles. The lowest BCUT2D eigenvalue weighted by Crippen LogP contribution is -2.44. The van der Waals surface area contributed by atoms with Crippen molar-refractivity contribution in [2.75, 3.05) is 27.2 Å². The summed E-state index contributed by atoms with van der Waals surface area (Å²) in [6, 6.07) is 9.10. The molecule has 1 aliphatic heterocycles. The Morgan fingerprint density at radius 1 is 1.18 bits per heavy atom. The summed E-state index contributed by atoms with van der Waals surface area (Å²) in [6.07, 6.45) is 6.05. The van der Waals surface area contributed by atoms with Gasteiger partial charge in [0.15, 0.2) is 0 Å². The van der Waals surface area contributed by atoms with Crippen LogP contribution < -0.4 is 0 Å². The van der Waals surface area contributed by atoms with Crippen LogP contribution in [-0.4, -0.2) is 48.9 Å². The van der Waals surface area contributed by atoms with Gasteiger partial charge in [-0.05, 0) is 63.9 Å². The van der Waals surface area contributed by atoms with Crippen molar-refractivity contribution in [1.29, 1.82) is 0 Å². The summed E-state index contributed by atoms with van der Waals surface area (Å²) in [5, 5.41) is 0. The fourth-order valence-electron chi connectivity index (χ4n) is 3.05. The molecule has 122 valence electrons. The Morgan fingerprint density at radius 2 is 1.82 bits per heavy atom. The van der Waals surface area contributed by atoms with Gasteiger partial charge in [-0.3, -0.25) is 4.79 Å². The predicted molar refractivity (Wildman–Crippen MR) is 95.0 cm³/mol. The Morgan fingerprint density at radius 3 is 2.41 bits per heavy atom. The Balaban J connectivity index is 1.63. The maximum Gasteiger partial charge on any atom is 0.222 e. The van der Waals surface area contributed by atoms with Crippen LogP contribution >= 0.6 is 15.9 Å². The Kier molecular flexibility index (Phi) is 6.90. The third-order valence-corrected chi connectivity index (χ3v) is 5.10. The number of nitrogens with zero attached hydrogens (tertiary/aromatic N) is 2. The molecule has 4 heteroatoms. The topological polar surface area (TPSA) is 23.6 Å². The van der Waals surface area contributed by atoms with Crippen LogP contribution in [0.2, 0.25) is 0 Å². The number of likely N-dealkylation sites (tertiary alicyclic amines) is 1. The number of unbranched alkanes of at least 4 members (excludes halogenated alkanes) is 1. The van der Waals surface area contributed by atoms with Crippen LogP contribution in [0.4, 0.5) is 0 Å². The first-order valence-corrected chi connectivity index (χ1v) is 9.04. The van der Waals surface area contributed by atoms with Gasteiger partial charge in [-0.2, -0.15) is 0 Å². The van der Waals surface area contributed by atoms with Gasteiger partial charge in [0.1, 0.15) is 0 Å². The lowest BCUT2D eigenvalue weighted by atomic mass is 10.0. The molecular weight excluding hydrogens is 340 g/mol. The van der Waals surface area contributed by atoms with Gasteiger partial charge in [0.05, 0.1) is 0 Å². The van der Waals surface area contributed by atoms with E-state index in [1.165, 1.54) is 5.56 Å². The van der Waals surface area contributed by atoms with E-state index in [9.17, 15) is 4.79 Å². The summed E-state index contributed by atoms with van der Waals surface area (Å²) in [5.41, 5.74) is 1.35. The van der Waals surface area contributed by atoms with E-state index in [1.54, 1.807) is 0 Å². The second kappa shape index (κ2) is 8.68. The third-order valence-electron chi connectivity index (χ3n) is 4.57. The molecule has 1 saturated heterocycles. The Labute approximate surface area is 142 Å². The van der Waals surface area contributed by atoms with Crippen molar-refractivity contribution in [2.24, 2.45) is 0 Å². The van der Waals surface area contributed by atoms with Crippen molar-refractivity contribution >= 4 is 21.8 Å². The fourth-order valence-corrected chi connectivity index (χ4v) is 3.31. The molecular formula is C18H27BrN2O. The Bertz CT molecular complexity index is 464. The summed E-state index contributed by atoms with van der Waals surface area (Å²) < 4.78 is 1.12. The van der Waals surface area contributed by atoms with E-state index in [2.05, 4.69) is 64.1 Å². The number of carbonyl (C=O) groups is 1. The number of hydrogen-bond donors (Lipinski definition) is 0. The molecule has 0 spiro atoms. The maximum absolute atomic E-state index is 12.2. The van der Waals surface area contributed by atoms with Gasteiger partial charge in [-0.1, -0.05) is 28.1 Å². The second-order valence-corrected chi connectivity index (χ2v) is 7.32. The SMILES string of the molecule is CN(C)C1CCN(C(=O)CCCCc2ccc(Br)cc2)CC1. The fraction of sp³-hybridized carbons (Fsp3) is 0.611. The minimum Gasteiger partial charge on any atom is -0.343 e.